The lowest BCUT2D eigenvalue weighted by Gasteiger charge is -2.06. The molecule has 1 aromatic rings. The largest absolute Gasteiger partial charge is 0.376 e. The van der Waals surface area contributed by atoms with Crippen molar-refractivity contribution in [2.24, 2.45) is 0 Å². The SMILES string of the molecule is C=C(C)CCOCc1cccc(F)c1Br. The van der Waals surface area contributed by atoms with Crippen LogP contribution in [0.2, 0.25) is 0 Å². The maximum atomic E-state index is 13.1. The molecule has 15 heavy (non-hydrogen) atoms. The van der Waals surface area contributed by atoms with Crippen molar-refractivity contribution in [1.82, 2.24) is 0 Å². The van der Waals surface area contributed by atoms with Gasteiger partial charge < -0.3 is 4.74 Å². The minimum atomic E-state index is -0.254. The summed E-state index contributed by atoms with van der Waals surface area (Å²) in [6.07, 6.45) is 0.840. The van der Waals surface area contributed by atoms with Crippen molar-refractivity contribution in [3.63, 3.8) is 0 Å². The van der Waals surface area contributed by atoms with Gasteiger partial charge in [-0.3, -0.25) is 0 Å². The molecule has 0 saturated carbocycles. The predicted octanol–water partition coefficient (Wildman–Crippen LogP) is 4.07. The van der Waals surface area contributed by atoms with Crippen LogP contribution in [0.15, 0.2) is 34.8 Å². The van der Waals surface area contributed by atoms with Crippen LogP contribution in [0.1, 0.15) is 18.9 Å². The maximum Gasteiger partial charge on any atom is 0.137 e. The second-order valence-electron chi connectivity index (χ2n) is 3.47. The highest BCUT2D eigenvalue weighted by Gasteiger charge is 2.04. The van der Waals surface area contributed by atoms with Crippen LogP contribution < -0.4 is 0 Å². The molecule has 0 amide bonds. The molecule has 1 aromatic carbocycles. The van der Waals surface area contributed by atoms with Gasteiger partial charge in [0.05, 0.1) is 17.7 Å². The average molecular weight is 273 g/mol. The Balaban J connectivity index is 2.44. The van der Waals surface area contributed by atoms with Crippen LogP contribution in [-0.4, -0.2) is 6.61 Å². The minimum Gasteiger partial charge on any atom is -0.376 e. The normalized spacial score (nSPS) is 10.3. The van der Waals surface area contributed by atoms with Crippen molar-refractivity contribution in [3.05, 3.63) is 46.2 Å². The van der Waals surface area contributed by atoms with Crippen molar-refractivity contribution >= 4 is 15.9 Å². The monoisotopic (exact) mass is 272 g/mol. The van der Waals surface area contributed by atoms with E-state index in [0.717, 1.165) is 17.6 Å². The molecule has 1 nitrogen and oxygen atoms in total. The third kappa shape index (κ3) is 4.14. The third-order valence-electron chi connectivity index (χ3n) is 1.96. The molecule has 0 atom stereocenters. The Morgan fingerprint density at radius 2 is 2.27 bits per heavy atom. The molecule has 0 aliphatic heterocycles. The fourth-order valence-electron chi connectivity index (χ4n) is 1.09. The van der Waals surface area contributed by atoms with Gasteiger partial charge in [-0.25, -0.2) is 4.39 Å². The van der Waals surface area contributed by atoms with Crippen LogP contribution in [0.4, 0.5) is 4.39 Å². The van der Waals surface area contributed by atoms with Gasteiger partial charge in [0.15, 0.2) is 0 Å². The molecule has 0 saturated heterocycles. The number of hydrogen-bond donors (Lipinski definition) is 0. The molecule has 0 spiro atoms. The highest BCUT2D eigenvalue weighted by Crippen LogP contribution is 2.21. The minimum absolute atomic E-state index is 0.254. The first kappa shape index (κ1) is 12.4. The van der Waals surface area contributed by atoms with Gasteiger partial charge in [0.25, 0.3) is 0 Å². The van der Waals surface area contributed by atoms with E-state index in [1.165, 1.54) is 6.07 Å². The van der Waals surface area contributed by atoms with E-state index in [0.29, 0.717) is 17.7 Å². The Hall–Kier alpha value is -0.670. The summed E-state index contributed by atoms with van der Waals surface area (Å²) in [5.74, 6) is -0.254. The zero-order chi connectivity index (χ0) is 11.3. The molecule has 1 rings (SSSR count). The van der Waals surface area contributed by atoms with Crippen LogP contribution >= 0.6 is 15.9 Å². The van der Waals surface area contributed by atoms with Crippen LogP contribution in [0, 0.1) is 5.82 Å². The van der Waals surface area contributed by atoms with Crippen molar-refractivity contribution < 1.29 is 9.13 Å². The van der Waals surface area contributed by atoms with E-state index in [4.69, 9.17) is 4.74 Å². The molecule has 0 aliphatic carbocycles. The second kappa shape index (κ2) is 6.03. The van der Waals surface area contributed by atoms with Crippen molar-refractivity contribution in [3.8, 4) is 0 Å². The summed E-state index contributed by atoms with van der Waals surface area (Å²) in [6, 6.07) is 4.94. The lowest BCUT2D eigenvalue weighted by Crippen LogP contribution is -1.97. The third-order valence-corrected chi connectivity index (χ3v) is 2.85. The number of rotatable bonds is 5. The lowest BCUT2D eigenvalue weighted by molar-refractivity contribution is 0.123. The quantitative estimate of drug-likeness (QED) is 0.580. The molecule has 0 aliphatic rings. The molecular formula is C12H14BrFO. The second-order valence-corrected chi connectivity index (χ2v) is 4.27. The predicted molar refractivity (Wildman–Crippen MR) is 63.2 cm³/mol. The summed E-state index contributed by atoms with van der Waals surface area (Å²) in [7, 11) is 0. The first-order valence-electron chi connectivity index (χ1n) is 4.76. The van der Waals surface area contributed by atoms with Crippen molar-refractivity contribution in [1.29, 1.82) is 0 Å². The van der Waals surface area contributed by atoms with Crippen LogP contribution in [-0.2, 0) is 11.3 Å². The number of ether oxygens (including phenoxy) is 1. The summed E-state index contributed by atoms with van der Waals surface area (Å²) < 4.78 is 19.0. The lowest BCUT2D eigenvalue weighted by atomic mass is 10.2. The van der Waals surface area contributed by atoms with E-state index in [2.05, 4.69) is 22.5 Å². The Morgan fingerprint density at radius 1 is 1.53 bits per heavy atom. The maximum absolute atomic E-state index is 13.1. The van der Waals surface area contributed by atoms with Crippen molar-refractivity contribution in [2.45, 2.75) is 20.0 Å². The van der Waals surface area contributed by atoms with Gasteiger partial charge in [0.1, 0.15) is 5.82 Å². The van der Waals surface area contributed by atoms with Gasteiger partial charge in [0.2, 0.25) is 0 Å². The Bertz CT molecular complexity index is 349. The topological polar surface area (TPSA) is 9.23 Å². The van der Waals surface area contributed by atoms with E-state index < -0.39 is 0 Å². The molecule has 0 fully saturated rings. The van der Waals surface area contributed by atoms with Crippen LogP contribution in [0.5, 0.6) is 0 Å². The molecule has 0 bridgehead atoms. The molecule has 82 valence electrons. The van der Waals surface area contributed by atoms with Gasteiger partial charge in [0, 0.05) is 0 Å². The first-order valence-corrected chi connectivity index (χ1v) is 5.55. The van der Waals surface area contributed by atoms with E-state index in [1.54, 1.807) is 6.07 Å². The molecule has 0 radical (unpaired) electrons. The van der Waals surface area contributed by atoms with Gasteiger partial charge in [-0.2, -0.15) is 0 Å². The number of hydrogen-bond acceptors (Lipinski definition) is 1. The molecule has 3 heteroatoms. The molecule has 0 heterocycles. The van der Waals surface area contributed by atoms with Gasteiger partial charge in [-0.05, 0) is 40.9 Å². The smallest absolute Gasteiger partial charge is 0.137 e. The number of benzene rings is 1. The van der Waals surface area contributed by atoms with E-state index in [-0.39, 0.29) is 5.82 Å². The fraction of sp³-hybridized carbons (Fsp3) is 0.333. The number of halogens is 2. The zero-order valence-electron chi connectivity index (χ0n) is 8.72. The van der Waals surface area contributed by atoms with E-state index in [1.807, 2.05) is 13.0 Å². The summed E-state index contributed by atoms with van der Waals surface area (Å²) in [4.78, 5) is 0. The van der Waals surface area contributed by atoms with E-state index in [9.17, 15) is 4.39 Å². The Labute approximate surface area is 98.1 Å². The Morgan fingerprint density at radius 3 is 2.93 bits per heavy atom. The summed E-state index contributed by atoms with van der Waals surface area (Å²) >= 11 is 3.19. The van der Waals surface area contributed by atoms with Gasteiger partial charge in [-0.15, -0.1) is 6.58 Å². The van der Waals surface area contributed by atoms with E-state index >= 15 is 0 Å². The standard InChI is InChI=1S/C12H14BrFO/c1-9(2)6-7-15-8-10-4-3-5-11(14)12(10)13/h3-5H,1,6-8H2,2H3. The van der Waals surface area contributed by atoms with Crippen LogP contribution in [0.25, 0.3) is 0 Å². The van der Waals surface area contributed by atoms with Crippen molar-refractivity contribution in [2.75, 3.05) is 6.61 Å². The molecule has 0 N–H and O–H groups in total. The first-order chi connectivity index (χ1) is 7.11. The highest BCUT2D eigenvalue weighted by atomic mass is 79.9. The summed E-state index contributed by atoms with van der Waals surface area (Å²) in [5, 5.41) is 0. The molecule has 0 unspecified atom stereocenters. The zero-order valence-corrected chi connectivity index (χ0v) is 10.3. The molecule has 0 aromatic heterocycles. The molecular weight excluding hydrogens is 259 g/mol. The fourth-order valence-corrected chi connectivity index (χ4v) is 1.47. The average Bonchev–Trinajstić information content (AvgIpc) is 2.18. The van der Waals surface area contributed by atoms with Gasteiger partial charge >= 0.3 is 0 Å². The van der Waals surface area contributed by atoms with Crippen LogP contribution in [0.3, 0.4) is 0 Å². The highest BCUT2D eigenvalue weighted by molar-refractivity contribution is 9.10. The Kier molecular flexibility index (Phi) is 4.99. The van der Waals surface area contributed by atoms with Gasteiger partial charge in [-0.1, -0.05) is 17.7 Å². The summed E-state index contributed by atoms with van der Waals surface area (Å²) in [5.41, 5.74) is 1.92. The summed E-state index contributed by atoms with van der Waals surface area (Å²) in [6.45, 7) is 6.79.